The number of aromatic nitrogens is 2. The van der Waals surface area contributed by atoms with Crippen LogP contribution in [0.1, 0.15) is 35.2 Å². The van der Waals surface area contributed by atoms with Crippen LogP contribution in [0.2, 0.25) is 0 Å². The summed E-state index contributed by atoms with van der Waals surface area (Å²) >= 11 is 1.65. The Morgan fingerprint density at radius 3 is 2.83 bits per heavy atom. The lowest BCUT2D eigenvalue weighted by molar-refractivity contribution is 0.0195. The van der Waals surface area contributed by atoms with E-state index in [0.717, 1.165) is 40.8 Å². The van der Waals surface area contributed by atoms with Gasteiger partial charge in [0.2, 0.25) is 0 Å². The van der Waals surface area contributed by atoms with Gasteiger partial charge in [0.1, 0.15) is 16.4 Å². The number of fused-ring (bicyclic) bond motifs is 3. The van der Waals surface area contributed by atoms with Gasteiger partial charge in [-0.3, -0.25) is 9.36 Å². The molecule has 1 aliphatic carbocycles. The third kappa shape index (κ3) is 4.29. The zero-order chi connectivity index (χ0) is 21.3. The van der Waals surface area contributed by atoms with Crippen molar-refractivity contribution in [1.29, 1.82) is 0 Å². The van der Waals surface area contributed by atoms with Gasteiger partial charge in [0.05, 0.1) is 38.4 Å². The number of methoxy groups -OCH3 is 1. The Morgan fingerprint density at radius 2 is 2.10 bits per heavy atom. The van der Waals surface area contributed by atoms with Gasteiger partial charge in [-0.15, -0.1) is 11.3 Å². The maximum Gasteiger partial charge on any atom is 0.262 e. The first-order valence-corrected chi connectivity index (χ1v) is 11.2. The summed E-state index contributed by atoms with van der Waals surface area (Å²) in [6.07, 6.45) is 2.28. The molecule has 1 aliphatic rings. The van der Waals surface area contributed by atoms with E-state index in [1.807, 2.05) is 31.2 Å². The number of hydrogen-bond acceptors (Lipinski definition) is 6. The molecule has 7 heteroatoms. The number of nitrogens with zero attached hydrogens (tertiary/aromatic N) is 2. The highest BCUT2D eigenvalue weighted by atomic mass is 32.1. The van der Waals surface area contributed by atoms with Gasteiger partial charge in [-0.25, -0.2) is 4.98 Å². The van der Waals surface area contributed by atoms with Crippen LogP contribution in [-0.2, 0) is 30.7 Å². The molecule has 0 radical (unpaired) electrons. The molecule has 1 N–H and O–H groups in total. The van der Waals surface area contributed by atoms with E-state index in [4.69, 9.17) is 9.47 Å². The molecule has 160 valence electrons. The van der Waals surface area contributed by atoms with Crippen LogP contribution in [0.5, 0.6) is 5.75 Å². The topological polar surface area (TPSA) is 73.6 Å². The standard InChI is InChI=1S/C23H28N2O4S/c1-14-4-9-19-20(10-14)30-22-21(19)23(27)25(15(2)24-22)11-17(26)13-29-12-16-5-7-18(28-3)8-6-16/h5-8,14,17,26H,4,9-13H2,1-3H3. The largest absolute Gasteiger partial charge is 0.497 e. The molecule has 4 rings (SSSR count). The molecule has 0 fully saturated rings. The SMILES string of the molecule is COc1ccc(COCC(O)Cn2c(C)nc3sc4c(c3c2=O)CCC(C)C4)cc1. The van der Waals surface area contributed by atoms with Crippen LogP contribution in [0.15, 0.2) is 29.1 Å². The Kier molecular flexibility index (Phi) is 6.22. The normalized spacial score (nSPS) is 17.1. The van der Waals surface area contributed by atoms with Crippen molar-refractivity contribution in [2.45, 2.75) is 52.4 Å². The van der Waals surface area contributed by atoms with E-state index < -0.39 is 6.10 Å². The van der Waals surface area contributed by atoms with E-state index in [9.17, 15) is 9.90 Å². The number of aryl methyl sites for hydroxylation is 2. The van der Waals surface area contributed by atoms with E-state index >= 15 is 0 Å². The highest BCUT2D eigenvalue weighted by Gasteiger charge is 2.24. The second-order valence-corrected chi connectivity index (χ2v) is 9.21. The van der Waals surface area contributed by atoms with Gasteiger partial charge in [0, 0.05) is 4.88 Å². The van der Waals surface area contributed by atoms with Crippen molar-refractivity contribution in [2.24, 2.45) is 5.92 Å². The molecule has 0 aliphatic heterocycles. The Bertz CT molecular complexity index is 1090. The van der Waals surface area contributed by atoms with Gasteiger partial charge >= 0.3 is 0 Å². The lowest BCUT2D eigenvalue weighted by atomic mass is 9.89. The minimum Gasteiger partial charge on any atom is -0.497 e. The van der Waals surface area contributed by atoms with Gasteiger partial charge in [0.15, 0.2) is 0 Å². The molecule has 0 amide bonds. The van der Waals surface area contributed by atoms with Crippen LogP contribution in [-0.4, -0.2) is 34.5 Å². The monoisotopic (exact) mass is 428 g/mol. The molecule has 2 aromatic heterocycles. The van der Waals surface area contributed by atoms with Gasteiger partial charge in [-0.2, -0.15) is 0 Å². The van der Waals surface area contributed by atoms with Gasteiger partial charge < -0.3 is 14.6 Å². The smallest absolute Gasteiger partial charge is 0.262 e. The van der Waals surface area contributed by atoms with Crippen LogP contribution in [0.3, 0.4) is 0 Å². The fourth-order valence-electron chi connectivity index (χ4n) is 4.04. The maximum atomic E-state index is 13.2. The number of aliphatic hydroxyl groups is 1. The van der Waals surface area contributed by atoms with Gasteiger partial charge in [-0.1, -0.05) is 19.1 Å². The first kappa shape index (κ1) is 21.0. The molecule has 2 heterocycles. The molecular formula is C23H28N2O4S. The van der Waals surface area contributed by atoms with Crippen LogP contribution in [0, 0.1) is 12.8 Å². The fourth-order valence-corrected chi connectivity index (χ4v) is 5.46. The van der Waals surface area contributed by atoms with Crippen molar-refractivity contribution < 1.29 is 14.6 Å². The van der Waals surface area contributed by atoms with E-state index in [1.54, 1.807) is 23.0 Å². The lowest BCUT2D eigenvalue weighted by Crippen LogP contribution is -2.31. The predicted molar refractivity (Wildman–Crippen MR) is 118 cm³/mol. The number of benzene rings is 1. The van der Waals surface area contributed by atoms with Crippen molar-refractivity contribution in [3.63, 3.8) is 0 Å². The van der Waals surface area contributed by atoms with Gasteiger partial charge in [-0.05, 0) is 55.4 Å². The van der Waals surface area contributed by atoms with E-state index in [-0.39, 0.29) is 18.7 Å². The fraction of sp³-hybridized carbons (Fsp3) is 0.478. The summed E-state index contributed by atoms with van der Waals surface area (Å²) in [4.78, 5) is 20.0. The Balaban J connectivity index is 1.45. The lowest BCUT2D eigenvalue weighted by Gasteiger charge is -2.18. The molecule has 30 heavy (non-hydrogen) atoms. The van der Waals surface area contributed by atoms with E-state index in [2.05, 4.69) is 11.9 Å². The minimum absolute atomic E-state index is 0.0428. The summed E-state index contributed by atoms with van der Waals surface area (Å²) in [7, 11) is 1.63. The predicted octanol–water partition coefficient (Wildman–Crippen LogP) is 3.48. The quantitative estimate of drug-likeness (QED) is 0.624. The summed E-state index contributed by atoms with van der Waals surface area (Å²) in [6, 6.07) is 7.61. The molecular weight excluding hydrogens is 400 g/mol. The average molecular weight is 429 g/mol. The van der Waals surface area contributed by atoms with Crippen molar-refractivity contribution in [2.75, 3.05) is 13.7 Å². The number of rotatable bonds is 7. The highest BCUT2D eigenvalue weighted by Crippen LogP contribution is 2.35. The zero-order valence-corrected chi connectivity index (χ0v) is 18.5. The van der Waals surface area contributed by atoms with E-state index in [1.165, 1.54) is 10.4 Å². The average Bonchev–Trinajstić information content (AvgIpc) is 3.08. The molecule has 2 unspecified atom stereocenters. The zero-order valence-electron chi connectivity index (χ0n) is 17.7. The molecule has 0 spiro atoms. The van der Waals surface area contributed by atoms with Crippen molar-refractivity contribution in [3.05, 3.63) is 56.4 Å². The molecule has 3 aromatic rings. The van der Waals surface area contributed by atoms with Gasteiger partial charge in [0.25, 0.3) is 5.56 Å². The van der Waals surface area contributed by atoms with Crippen LogP contribution in [0.4, 0.5) is 0 Å². The number of ether oxygens (including phenoxy) is 2. The van der Waals surface area contributed by atoms with Crippen molar-refractivity contribution >= 4 is 21.6 Å². The molecule has 0 saturated carbocycles. The summed E-state index contributed by atoms with van der Waals surface area (Å²) < 4.78 is 12.4. The molecule has 1 aromatic carbocycles. The van der Waals surface area contributed by atoms with Crippen LogP contribution < -0.4 is 10.3 Å². The molecule has 6 nitrogen and oxygen atoms in total. The Labute approximate surface area is 180 Å². The minimum atomic E-state index is -0.784. The maximum absolute atomic E-state index is 13.2. The second kappa shape index (κ2) is 8.88. The number of thiophene rings is 1. The van der Waals surface area contributed by atoms with Crippen LogP contribution in [0.25, 0.3) is 10.2 Å². The van der Waals surface area contributed by atoms with Crippen molar-refractivity contribution in [1.82, 2.24) is 9.55 Å². The van der Waals surface area contributed by atoms with E-state index in [0.29, 0.717) is 18.3 Å². The highest BCUT2D eigenvalue weighted by molar-refractivity contribution is 7.18. The summed E-state index contributed by atoms with van der Waals surface area (Å²) in [5, 5.41) is 11.2. The number of aliphatic hydroxyl groups excluding tert-OH is 1. The Morgan fingerprint density at radius 1 is 1.33 bits per heavy atom. The first-order chi connectivity index (χ1) is 14.5. The third-order valence-electron chi connectivity index (χ3n) is 5.74. The number of hydrogen-bond donors (Lipinski definition) is 1. The molecule has 2 atom stereocenters. The third-order valence-corrected chi connectivity index (χ3v) is 6.89. The second-order valence-electron chi connectivity index (χ2n) is 8.12. The first-order valence-electron chi connectivity index (χ1n) is 10.4. The molecule has 0 bridgehead atoms. The summed E-state index contributed by atoms with van der Waals surface area (Å²) in [5.74, 6) is 2.08. The van der Waals surface area contributed by atoms with Crippen molar-refractivity contribution in [3.8, 4) is 5.75 Å². The summed E-state index contributed by atoms with van der Waals surface area (Å²) in [5.41, 5.74) is 2.13. The summed E-state index contributed by atoms with van der Waals surface area (Å²) in [6.45, 7) is 4.80. The Hall–Kier alpha value is -2.22. The molecule has 0 saturated heterocycles. The van der Waals surface area contributed by atoms with Crippen LogP contribution >= 0.6 is 11.3 Å².